The Hall–Kier alpha value is -3.92. The minimum Gasteiger partial charge on any atom is -0.497 e. The van der Waals surface area contributed by atoms with Gasteiger partial charge in [-0.05, 0) is 31.5 Å². The zero-order valence-corrected chi connectivity index (χ0v) is 19.2. The molecule has 0 saturated heterocycles. The predicted molar refractivity (Wildman–Crippen MR) is 122 cm³/mol. The summed E-state index contributed by atoms with van der Waals surface area (Å²) in [5, 5.41) is 0. The smallest absolute Gasteiger partial charge is 0.430 e. The average molecular weight is 493 g/mol. The minimum absolute atomic E-state index is 0.251. The number of anilines is 1. The van der Waals surface area contributed by atoms with Crippen molar-refractivity contribution in [3.63, 3.8) is 0 Å². The van der Waals surface area contributed by atoms with Crippen LogP contribution in [0.5, 0.6) is 0 Å². The molecule has 1 aromatic rings. The quantitative estimate of drug-likeness (QED) is 0.241. The van der Waals surface area contributed by atoms with Gasteiger partial charge in [0.25, 0.3) is 0 Å². The molecule has 35 heavy (non-hydrogen) atoms. The Kier molecular flexibility index (Phi) is 7.92. The predicted octanol–water partition coefficient (Wildman–Crippen LogP) is 7.49. The van der Waals surface area contributed by atoms with Crippen LogP contribution in [-0.2, 0) is 4.74 Å². The second-order valence-electron chi connectivity index (χ2n) is 7.84. The molecule has 2 rings (SSSR count). The molecule has 0 aromatic heterocycles. The number of hydrogen-bond acceptors (Lipinski definition) is 2. The van der Waals surface area contributed by atoms with Crippen molar-refractivity contribution in [3.8, 4) is 0 Å². The van der Waals surface area contributed by atoms with E-state index in [0.717, 1.165) is 18.7 Å². The van der Waals surface area contributed by atoms with Crippen LogP contribution in [0.3, 0.4) is 0 Å². The maximum atomic E-state index is 13.9. The maximum absolute atomic E-state index is 13.9. The molecule has 0 fully saturated rings. The lowest BCUT2D eigenvalue weighted by molar-refractivity contribution is -0.236. The van der Waals surface area contributed by atoms with Crippen molar-refractivity contribution in [2.45, 2.75) is 31.8 Å². The summed E-state index contributed by atoms with van der Waals surface area (Å²) in [7, 11) is 3.71. The molecule has 1 heterocycles. The molecule has 0 N–H and O–H groups in total. The maximum Gasteiger partial charge on any atom is 0.430 e. The van der Waals surface area contributed by atoms with Crippen LogP contribution in [0.1, 0.15) is 19.4 Å². The van der Waals surface area contributed by atoms with Gasteiger partial charge >= 0.3 is 12.4 Å². The van der Waals surface area contributed by atoms with Crippen LogP contribution in [0.4, 0.5) is 32.0 Å². The van der Waals surface area contributed by atoms with Gasteiger partial charge in [-0.15, -0.1) is 0 Å². The van der Waals surface area contributed by atoms with Gasteiger partial charge in [-0.1, -0.05) is 42.5 Å². The van der Waals surface area contributed by atoms with Crippen molar-refractivity contribution in [1.82, 2.24) is 0 Å². The van der Waals surface area contributed by atoms with E-state index in [1.807, 2.05) is 31.1 Å². The Labute approximate surface area is 199 Å². The molecule has 0 saturated carbocycles. The largest absolute Gasteiger partial charge is 0.497 e. The molecule has 0 spiro atoms. The first kappa shape index (κ1) is 27.3. The summed E-state index contributed by atoms with van der Waals surface area (Å²) in [4.78, 5) is 7.82. The molecular formula is C25H21F6N3O. The van der Waals surface area contributed by atoms with E-state index in [9.17, 15) is 26.3 Å². The van der Waals surface area contributed by atoms with Gasteiger partial charge in [0.05, 0.1) is 18.7 Å². The second-order valence-corrected chi connectivity index (χ2v) is 7.84. The van der Waals surface area contributed by atoms with Crippen molar-refractivity contribution in [3.05, 3.63) is 105 Å². The monoisotopic (exact) mass is 493 g/mol. The molecule has 1 atom stereocenters. The van der Waals surface area contributed by atoms with E-state index in [4.69, 9.17) is 17.9 Å². The topological polar surface area (TPSA) is 21.2 Å². The fourth-order valence-corrected chi connectivity index (χ4v) is 3.07. The summed E-state index contributed by atoms with van der Waals surface area (Å²) < 4.78 is 87.6. The molecule has 0 radical (unpaired) electrons. The van der Waals surface area contributed by atoms with E-state index in [0.29, 0.717) is 18.6 Å². The third-order valence-corrected chi connectivity index (χ3v) is 5.15. The number of nitrogens with zero attached hydrogens (tertiary/aromatic N) is 3. The lowest BCUT2D eigenvalue weighted by Crippen LogP contribution is -2.43. The first-order valence-electron chi connectivity index (χ1n) is 10.0. The Bertz CT molecular complexity index is 1200. The van der Waals surface area contributed by atoms with Crippen LogP contribution >= 0.6 is 0 Å². The van der Waals surface area contributed by atoms with E-state index in [1.165, 1.54) is 12.2 Å². The summed E-state index contributed by atoms with van der Waals surface area (Å²) in [6, 6.07) is 7.14. The highest BCUT2D eigenvalue weighted by Gasteiger charge is 2.60. The molecule has 1 aromatic carbocycles. The van der Waals surface area contributed by atoms with Crippen LogP contribution in [0.2, 0.25) is 0 Å². The molecule has 10 heteroatoms. The zero-order chi connectivity index (χ0) is 26.6. The van der Waals surface area contributed by atoms with Gasteiger partial charge in [0.15, 0.2) is 5.70 Å². The molecule has 0 amide bonds. The number of hydrogen-bond donors (Lipinski definition) is 0. The third kappa shape index (κ3) is 5.96. The Morgan fingerprint density at radius 3 is 2.09 bits per heavy atom. The Morgan fingerprint density at radius 1 is 1.03 bits per heavy atom. The summed E-state index contributed by atoms with van der Waals surface area (Å²) in [6.07, 6.45) is -5.42. The van der Waals surface area contributed by atoms with Crippen LogP contribution in [0.15, 0.2) is 76.9 Å². The van der Waals surface area contributed by atoms with E-state index < -0.39 is 40.6 Å². The van der Waals surface area contributed by atoms with Crippen molar-refractivity contribution in [2.24, 2.45) is 0 Å². The van der Waals surface area contributed by atoms with Gasteiger partial charge in [-0.25, -0.2) is 9.69 Å². The highest BCUT2D eigenvalue weighted by atomic mass is 19.4. The SMILES string of the molecule is [C-]#[N+]C(C)=C1OC(C)(C(F)(F)F)C(C=C(C=CC=Cc2ccc(N(C)C)cc2)C(F)(F)F)=C1[N+]#[C-]. The molecule has 1 unspecified atom stereocenters. The normalized spacial score (nSPS) is 20.7. The number of benzene rings is 1. The lowest BCUT2D eigenvalue weighted by atomic mass is 9.92. The number of halogens is 6. The fourth-order valence-electron chi connectivity index (χ4n) is 3.07. The zero-order valence-electron chi connectivity index (χ0n) is 19.2. The molecule has 1 aliphatic rings. The molecule has 1 aliphatic heterocycles. The molecule has 0 aliphatic carbocycles. The van der Waals surface area contributed by atoms with Gasteiger partial charge in [0.1, 0.15) is 5.76 Å². The number of ether oxygens (including phenoxy) is 1. The lowest BCUT2D eigenvalue weighted by Gasteiger charge is -2.30. The van der Waals surface area contributed by atoms with Crippen LogP contribution in [-0.4, -0.2) is 32.0 Å². The first-order chi connectivity index (χ1) is 16.2. The van der Waals surface area contributed by atoms with Gasteiger partial charge < -0.3 is 9.64 Å². The second kappa shape index (κ2) is 10.1. The summed E-state index contributed by atoms with van der Waals surface area (Å²) in [6.45, 7) is 15.9. The summed E-state index contributed by atoms with van der Waals surface area (Å²) >= 11 is 0. The van der Waals surface area contributed by atoms with Gasteiger partial charge in [0, 0.05) is 25.4 Å². The Balaban J connectivity index is 2.56. The number of rotatable bonds is 5. The van der Waals surface area contributed by atoms with Crippen molar-refractivity contribution >= 4 is 11.8 Å². The Morgan fingerprint density at radius 2 is 1.63 bits per heavy atom. The average Bonchev–Trinajstić information content (AvgIpc) is 3.07. The minimum atomic E-state index is -5.15. The van der Waals surface area contributed by atoms with Crippen LogP contribution < -0.4 is 4.90 Å². The third-order valence-electron chi connectivity index (χ3n) is 5.15. The van der Waals surface area contributed by atoms with Crippen LogP contribution in [0, 0.1) is 13.1 Å². The van der Waals surface area contributed by atoms with E-state index in [2.05, 4.69) is 9.69 Å². The first-order valence-corrected chi connectivity index (χ1v) is 10.0. The van der Waals surface area contributed by atoms with E-state index in [-0.39, 0.29) is 11.8 Å². The highest BCUT2D eigenvalue weighted by Crippen LogP contribution is 2.50. The van der Waals surface area contributed by atoms with Gasteiger partial charge in [-0.2, -0.15) is 26.3 Å². The fraction of sp³-hybridized carbons (Fsp3) is 0.280. The molecular weight excluding hydrogens is 472 g/mol. The number of allylic oxidation sites excluding steroid dienone is 5. The molecule has 184 valence electrons. The van der Waals surface area contributed by atoms with Crippen molar-refractivity contribution in [1.29, 1.82) is 0 Å². The molecule has 0 bridgehead atoms. The van der Waals surface area contributed by atoms with Gasteiger partial charge in [0.2, 0.25) is 11.3 Å². The summed E-state index contributed by atoms with van der Waals surface area (Å²) in [5.41, 5.74) is -5.19. The molecule has 4 nitrogen and oxygen atoms in total. The van der Waals surface area contributed by atoms with Crippen molar-refractivity contribution < 1.29 is 31.1 Å². The van der Waals surface area contributed by atoms with E-state index >= 15 is 0 Å². The van der Waals surface area contributed by atoms with Crippen LogP contribution in [0.25, 0.3) is 15.8 Å². The summed E-state index contributed by atoms with van der Waals surface area (Å²) in [5.74, 6) is -0.687. The number of alkyl halides is 6. The van der Waals surface area contributed by atoms with Gasteiger partial charge in [-0.3, -0.25) is 0 Å². The van der Waals surface area contributed by atoms with E-state index in [1.54, 1.807) is 12.1 Å². The standard InChI is InChI=1S/C25H21F6N3O/c1-16(32-3)22-21(33-4)20(23(2,35-22)25(29,30)31)15-18(24(26,27)28)10-8-7-9-17-11-13-19(14-12-17)34(5)6/h7-15H,1-2,5-6H3. The van der Waals surface area contributed by atoms with Crippen molar-refractivity contribution in [2.75, 3.05) is 19.0 Å². The highest BCUT2D eigenvalue weighted by molar-refractivity contribution is 5.58.